The molecule has 1 N–H and O–H groups in total. The van der Waals surface area contributed by atoms with E-state index in [1.807, 2.05) is 31.2 Å². The highest BCUT2D eigenvalue weighted by molar-refractivity contribution is 7.89. The fraction of sp³-hybridized carbons (Fsp3) is 0.659. The van der Waals surface area contributed by atoms with Gasteiger partial charge < -0.3 is 19.3 Å². The lowest BCUT2D eigenvalue weighted by molar-refractivity contribution is -0.0623. The van der Waals surface area contributed by atoms with Gasteiger partial charge in [0.1, 0.15) is 12.0 Å². The van der Waals surface area contributed by atoms with Crippen LogP contribution in [-0.4, -0.2) is 109 Å². The Bertz CT molecular complexity index is 1770. The first kappa shape index (κ1) is 42.1. The Hall–Kier alpha value is -2.47. The molecule has 2 aromatic carbocycles. The number of nitrogens with one attached hydrogen (secondary N) is 1. The lowest BCUT2D eigenvalue weighted by atomic mass is 9.64. The van der Waals surface area contributed by atoms with Crippen molar-refractivity contribution in [2.24, 2.45) is 23.7 Å². The Labute approximate surface area is 336 Å². The fourth-order valence-corrected chi connectivity index (χ4v) is 11.2. The molecule has 3 fully saturated rings. The lowest BCUT2D eigenvalue weighted by Gasteiger charge is -2.49. The largest absolute Gasteiger partial charge is 0.490 e. The molecule has 304 valence electrons. The average molecular weight is 798 g/mol. The number of hydrogen-bond acceptors (Lipinski definition) is 8. The van der Waals surface area contributed by atoms with Crippen LogP contribution in [0.25, 0.3) is 0 Å². The number of anilines is 1. The average Bonchev–Trinajstić information content (AvgIpc) is 3.32. The zero-order valence-electron chi connectivity index (χ0n) is 34.1. The second-order valence-electron chi connectivity index (χ2n) is 17.4. The van der Waals surface area contributed by atoms with Crippen molar-refractivity contribution in [3.8, 4) is 5.75 Å². The number of piperazine rings is 1. The summed E-state index contributed by atoms with van der Waals surface area (Å²) < 4.78 is 39.4. The van der Waals surface area contributed by atoms with Gasteiger partial charge in [0.15, 0.2) is 0 Å². The van der Waals surface area contributed by atoms with E-state index < -0.39 is 15.6 Å². The third kappa shape index (κ3) is 9.81. The summed E-state index contributed by atoms with van der Waals surface area (Å²) in [4.78, 5) is 19.4. The number of hydrogen-bond donors (Lipinski definition) is 1. The van der Waals surface area contributed by atoms with Crippen LogP contribution < -0.4 is 14.4 Å². The van der Waals surface area contributed by atoms with Crippen LogP contribution in [0.2, 0.25) is 5.02 Å². The number of allylic oxidation sites excluding steroid dienone is 1. The van der Waals surface area contributed by atoms with E-state index in [1.165, 1.54) is 63.6 Å². The van der Waals surface area contributed by atoms with Crippen molar-refractivity contribution >= 4 is 33.6 Å². The molecule has 1 spiro atoms. The molecule has 3 aliphatic heterocycles. The number of ether oxygens (including phenoxy) is 2. The summed E-state index contributed by atoms with van der Waals surface area (Å²) in [7, 11) is 2.19. The molecular weight excluding hydrogens is 732 g/mol. The second kappa shape index (κ2) is 18.0. The number of piperidine rings is 1. The molecule has 0 bridgehead atoms. The van der Waals surface area contributed by atoms with Gasteiger partial charge in [0.25, 0.3) is 0 Å². The van der Waals surface area contributed by atoms with Gasteiger partial charge in [0.2, 0.25) is 10.0 Å². The van der Waals surface area contributed by atoms with E-state index in [0.29, 0.717) is 24.0 Å². The van der Waals surface area contributed by atoms with Gasteiger partial charge in [-0.3, -0.25) is 9.69 Å². The summed E-state index contributed by atoms with van der Waals surface area (Å²) in [5.41, 5.74) is 3.57. The number of nitrogens with zero attached hydrogens (tertiary/aromatic N) is 3. The number of rotatable bonds is 11. The molecule has 2 aromatic rings. The molecular formula is C44H65ClN4O5S. The van der Waals surface area contributed by atoms with Gasteiger partial charge in [0, 0.05) is 61.9 Å². The van der Waals surface area contributed by atoms with Crippen molar-refractivity contribution in [2.45, 2.75) is 89.2 Å². The van der Waals surface area contributed by atoms with E-state index in [9.17, 15) is 13.2 Å². The Kier molecular flexibility index (Phi) is 13.8. The van der Waals surface area contributed by atoms with Crippen LogP contribution in [0.1, 0.15) is 87.2 Å². The van der Waals surface area contributed by atoms with Gasteiger partial charge in [0.05, 0.1) is 23.6 Å². The highest BCUT2D eigenvalue weighted by atomic mass is 35.5. The molecule has 0 radical (unpaired) electrons. The van der Waals surface area contributed by atoms with Crippen LogP contribution in [0, 0.1) is 23.7 Å². The smallest absolute Gasteiger partial charge is 0.211 e. The van der Waals surface area contributed by atoms with Crippen molar-refractivity contribution in [1.29, 1.82) is 0 Å². The Morgan fingerprint density at radius 1 is 1.09 bits per heavy atom. The number of likely N-dealkylation sites (N-methyl/N-ethyl adjacent to an activating group) is 1. The van der Waals surface area contributed by atoms with E-state index in [4.69, 9.17) is 21.1 Å². The van der Waals surface area contributed by atoms with Crippen molar-refractivity contribution in [2.75, 3.05) is 77.7 Å². The van der Waals surface area contributed by atoms with E-state index in [1.54, 1.807) is 7.11 Å². The molecule has 0 amide bonds. The maximum atomic E-state index is 12.1. The normalized spacial score (nSPS) is 27.9. The number of aryl methyl sites for hydroxylation is 1. The maximum absolute atomic E-state index is 12.1. The fourth-order valence-electron chi connectivity index (χ4n) is 9.80. The van der Waals surface area contributed by atoms with Gasteiger partial charge in [-0.1, -0.05) is 50.1 Å². The minimum Gasteiger partial charge on any atom is -0.490 e. The zero-order valence-corrected chi connectivity index (χ0v) is 35.6. The molecule has 9 nitrogen and oxygen atoms in total. The number of aldehydes is 1. The van der Waals surface area contributed by atoms with Crippen LogP contribution in [-0.2, 0) is 26.6 Å². The number of benzene rings is 2. The molecule has 2 aliphatic carbocycles. The number of sulfonamides is 1. The van der Waals surface area contributed by atoms with Gasteiger partial charge >= 0.3 is 0 Å². The number of carbonyl (C=O) groups is 1. The Morgan fingerprint density at radius 2 is 1.91 bits per heavy atom. The van der Waals surface area contributed by atoms with Gasteiger partial charge in [-0.15, -0.1) is 0 Å². The van der Waals surface area contributed by atoms with Crippen LogP contribution in [0.15, 0.2) is 48.6 Å². The molecule has 5 aliphatic rings. The third-order valence-corrected chi connectivity index (χ3v) is 15.5. The van der Waals surface area contributed by atoms with Crippen LogP contribution in [0.5, 0.6) is 5.75 Å². The summed E-state index contributed by atoms with van der Waals surface area (Å²) >= 11 is 6.41. The predicted molar refractivity (Wildman–Crippen MR) is 224 cm³/mol. The van der Waals surface area contributed by atoms with Gasteiger partial charge in [-0.05, 0) is 138 Å². The monoisotopic (exact) mass is 796 g/mol. The number of fused-ring (bicyclic) bond motifs is 4. The predicted octanol–water partition coefficient (Wildman–Crippen LogP) is 7.22. The zero-order chi connectivity index (χ0) is 39.4. The van der Waals surface area contributed by atoms with E-state index in [2.05, 4.69) is 64.6 Å². The minimum absolute atomic E-state index is 0.0351. The number of halogens is 1. The van der Waals surface area contributed by atoms with E-state index in [-0.39, 0.29) is 23.0 Å². The topological polar surface area (TPSA) is 91.4 Å². The van der Waals surface area contributed by atoms with Crippen LogP contribution in [0.4, 0.5) is 5.69 Å². The highest BCUT2D eigenvalue weighted by Crippen LogP contribution is 2.49. The van der Waals surface area contributed by atoms with Crippen molar-refractivity contribution in [1.82, 2.24) is 14.5 Å². The van der Waals surface area contributed by atoms with Gasteiger partial charge in [-0.25, -0.2) is 13.1 Å². The quantitative estimate of drug-likeness (QED) is 0.189. The molecule has 3 heterocycles. The summed E-state index contributed by atoms with van der Waals surface area (Å²) in [5, 5.41) is 0.766. The molecule has 7 atom stereocenters. The Balaban J connectivity index is 0.000000397. The van der Waals surface area contributed by atoms with Crippen molar-refractivity contribution in [3.63, 3.8) is 0 Å². The molecule has 7 rings (SSSR count). The molecule has 0 aromatic heterocycles. The molecule has 55 heavy (non-hydrogen) atoms. The third-order valence-electron chi connectivity index (χ3n) is 13.7. The molecule has 4 unspecified atom stereocenters. The van der Waals surface area contributed by atoms with Crippen molar-refractivity contribution < 1.29 is 22.7 Å². The van der Waals surface area contributed by atoms with E-state index >= 15 is 0 Å². The summed E-state index contributed by atoms with van der Waals surface area (Å²) in [5.74, 6) is 1.61. The number of carbonyl (C=O) groups excluding carboxylic acids is 1. The lowest BCUT2D eigenvalue weighted by Crippen LogP contribution is -2.53. The maximum Gasteiger partial charge on any atom is 0.211 e. The standard InChI is InChI=1S/C35H47ClN2O5S.C9H18N2/c1-24(25(2)21-44(40,41)37-4)14-16-34(3,42-5)30-11-9-28(30)19-38-22-35(15-6-7-27-18-29(36)10-12-31(27)35)23-43-33-13-8-26(20-39)17-32(33)38;1-10-6-7-11-5-3-2-4-9(11)8-10/h8,10,12-14,16-18,20,24-25,28,30,37H,6-7,9,11,15,19,21-23H2,1-5H3;9H,2-8H2,1H3/b16-14+;/t24-,25?,28?,30?,34-,35-;/m0./s1. The SMILES string of the molecule is CN1CCN2CCCCC2C1.CNS(=O)(=O)CC(C)[C@@H](C)/C=C/[C@](C)(OC)C1CCC1CN1C[C@@]2(CCCc3cc(Cl)ccc32)COc2ccc(C=O)cc21. The minimum atomic E-state index is -3.28. The first-order valence-electron chi connectivity index (χ1n) is 20.6. The summed E-state index contributed by atoms with van der Waals surface area (Å²) in [6.07, 6.45) is 14.8. The van der Waals surface area contributed by atoms with Crippen molar-refractivity contribution in [3.05, 3.63) is 70.3 Å². The second-order valence-corrected chi connectivity index (χ2v) is 19.8. The van der Waals surface area contributed by atoms with Crippen LogP contribution >= 0.6 is 11.6 Å². The Morgan fingerprint density at radius 3 is 2.64 bits per heavy atom. The number of methoxy groups -OCH3 is 1. The highest BCUT2D eigenvalue weighted by Gasteiger charge is 2.47. The first-order valence-corrected chi connectivity index (χ1v) is 22.7. The van der Waals surface area contributed by atoms with Gasteiger partial charge in [-0.2, -0.15) is 0 Å². The summed E-state index contributed by atoms with van der Waals surface area (Å²) in [6, 6.07) is 12.9. The van der Waals surface area contributed by atoms with Crippen LogP contribution in [0.3, 0.4) is 0 Å². The first-order chi connectivity index (χ1) is 26.3. The summed E-state index contributed by atoms with van der Waals surface area (Å²) in [6.45, 7) is 13.6. The molecule has 2 saturated heterocycles. The molecule has 11 heteroatoms. The van der Waals surface area contributed by atoms with E-state index in [0.717, 1.165) is 74.0 Å². The molecule has 1 saturated carbocycles.